The minimum atomic E-state index is -0.430. The number of hydrogen-bond donors (Lipinski definition) is 2. The Morgan fingerprint density at radius 1 is 1.30 bits per heavy atom. The number of aromatic nitrogens is 2. The van der Waals surface area contributed by atoms with E-state index < -0.39 is 11.7 Å². The third-order valence-electron chi connectivity index (χ3n) is 4.21. The summed E-state index contributed by atoms with van der Waals surface area (Å²) in [6.45, 7) is 1.66. The van der Waals surface area contributed by atoms with Crippen LogP contribution >= 0.6 is 0 Å². The Morgan fingerprint density at radius 3 is 2.93 bits per heavy atom. The van der Waals surface area contributed by atoms with Crippen LogP contribution in [0.4, 0.5) is 15.8 Å². The van der Waals surface area contributed by atoms with Gasteiger partial charge in [-0.15, -0.1) is 0 Å². The Kier molecular flexibility index (Phi) is 4.08. The van der Waals surface area contributed by atoms with E-state index in [-0.39, 0.29) is 18.2 Å². The van der Waals surface area contributed by atoms with Gasteiger partial charge in [0.1, 0.15) is 17.3 Å². The molecule has 1 aliphatic rings. The molecule has 4 rings (SSSR count). The molecular formula is C19H15FN4O3. The number of carbonyl (C=O) groups excluding carboxylic acids is 2. The van der Waals surface area contributed by atoms with Gasteiger partial charge in [0.25, 0.3) is 11.8 Å². The molecule has 2 aromatic carbocycles. The van der Waals surface area contributed by atoms with Gasteiger partial charge in [-0.2, -0.15) is 5.10 Å². The summed E-state index contributed by atoms with van der Waals surface area (Å²) in [7, 11) is 0. The van der Waals surface area contributed by atoms with Crippen molar-refractivity contribution in [2.45, 2.75) is 6.92 Å². The molecule has 8 heteroatoms. The number of amides is 2. The van der Waals surface area contributed by atoms with Crippen LogP contribution in [0.15, 0.2) is 48.7 Å². The first-order valence-electron chi connectivity index (χ1n) is 8.20. The second-order valence-electron chi connectivity index (χ2n) is 6.01. The van der Waals surface area contributed by atoms with Gasteiger partial charge in [0, 0.05) is 5.69 Å². The average Bonchev–Trinajstić information content (AvgIpc) is 3.03. The number of ether oxygens (including phenoxy) is 1. The van der Waals surface area contributed by atoms with E-state index in [0.29, 0.717) is 28.4 Å². The number of carbonyl (C=O) groups is 2. The largest absolute Gasteiger partial charge is 0.482 e. The number of rotatable bonds is 3. The summed E-state index contributed by atoms with van der Waals surface area (Å²) in [4.78, 5) is 24.0. The van der Waals surface area contributed by atoms with Gasteiger partial charge in [0.2, 0.25) is 0 Å². The Hall–Kier alpha value is -3.68. The summed E-state index contributed by atoms with van der Waals surface area (Å²) in [5, 5.41) is 9.56. The quantitative estimate of drug-likeness (QED) is 0.746. The molecule has 2 N–H and O–H groups in total. The first-order valence-corrected chi connectivity index (χ1v) is 8.20. The van der Waals surface area contributed by atoms with Crippen LogP contribution in [0.5, 0.6) is 5.75 Å². The molecule has 1 aromatic heterocycles. The van der Waals surface area contributed by atoms with Crippen molar-refractivity contribution in [3.8, 4) is 11.4 Å². The van der Waals surface area contributed by atoms with Crippen LogP contribution in [0, 0.1) is 12.7 Å². The zero-order valence-corrected chi connectivity index (χ0v) is 14.3. The van der Waals surface area contributed by atoms with Gasteiger partial charge in [-0.05, 0) is 37.3 Å². The lowest BCUT2D eigenvalue weighted by Gasteiger charge is -2.18. The molecule has 2 heterocycles. The molecule has 0 bridgehead atoms. The van der Waals surface area contributed by atoms with Gasteiger partial charge < -0.3 is 15.4 Å². The van der Waals surface area contributed by atoms with Crippen molar-refractivity contribution in [1.29, 1.82) is 0 Å². The Bertz CT molecular complexity index is 1060. The molecule has 0 fully saturated rings. The Balaban J connectivity index is 1.59. The number of anilines is 2. The van der Waals surface area contributed by atoms with Gasteiger partial charge in [-0.1, -0.05) is 12.1 Å². The van der Waals surface area contributed by atoms with Gasteiger partial charge in [-0.3, -0.25) is 9.59 Å². The lowest BCUT2D eigenvalue weighted by atomic mass is 10.2. The number of para-hydroxylation sites is 1. The summed E-state index contributed by atoms with van der Waals surface area (Å²) in [6, 6.07) is 11.2. The topological polar surface area (TPSA) is 85.2 Å². The fourth-order valence-corrected chi connectivity index (χ4v) is 2.86. The van der Waals surface area contributed by atoms with Crippen LogP contribution in [-0.2, 0) is 4.79 Å². The zero-order chi connectivity index (χ0) is 19.0. The van der Waals surface area contributed by atoms with Crippen LogP contribution in [0.1, 0.15) is 16.1 Å². The highest BCUT2D eigenvalue weighted by atomic mass is 19.1. The van der Waals surface area contributed by atoms with Gasteiger partial charge in [0.05, 0.1) is 23.1 Å². The molecule has 0 atom stereocenters. The molecule has 0 spiro atoms. The first-order chi connectivity index (χ1) is 13.0. The molecule has 0 saturated carbocycles. The Labute approximate surface area is 153 Å². The third kappa shape index (κ3) is 3.12. The van der Waals surface area contributed by atoms with Gasteiger partial charge in [0.15, 0.2) is 6.61 Å². The lowest BCUT2D eigenvalue weighted by Crippen LogP contribution is -2.25. The van der Waals surface area contributed by atoms with E-state index in [1.807, 2.05) is 0 Å². The smallest absolute Gasteiger partial charge is 0.262 e. The van der Waals surface area contributed by atoms with Crippen LogP contribution in [0.25, 0.3) is 5.69 Å². The van der Waals surface area contributed by atoms with Gasteiger partial charge >= 0.3 is 0 Å². The zero-order valence-electron chi connectivity index (χ0n) is 14.3. The van der Waals surface area contributed by atoms with Crippen molar-refractivity contribution in [1.82, 2.24) is 9.78 Å². The van der Waals surface area contributed by atoms with Gasteiger partial charge in [-0.25, -0.2) is 9.07 Å². The number of halogens is 1. The predicted octanol–water partition coefficient (Wildman–Crippen LogP) is 2.90. The third-order valence-corrected chi connectivity index (χ3v) is 4.21. The highest BCUT2D eigenvalue weighted by Gasteiger charge is 2.19. The SMILES string of the molecule is Cc1c(C(=O)Nc2ccc3c(c2)NC(=O)CO3)cnn1-c1ccccc1F. The standard InChI is InChI=1S/C19H15FN4O3/c1-11-13(9-21-24(11)16-5-3-2-4-14(16)20)19(26)22-12-6-7-17-15(8-12)23-18(25)10-27-17/h2-9H,10H2,1H3,(H,22,26)(H,23,25). The number of nitrogens with zero attached hydrogens (tertiary/aromatic N) is 2. The van der Waals surface area contributed by atoms with E-state index in [1.165, 1.54) is 16.9 Å². The Morgan fingerprint density at radius 2 is 2.11 bits per heavy atom. The van der Waals surface area contributed by atoms with Crippen LogP contribution < -0.4 is 15.4 Å². The summed E-state index contributed by atoms with van der Waals surface area (Å²) in [5.74, 6) is -0.539. The maximum atomic E-state index is 14.0. The van der Waals surface area contributed by atoms with Crippen molar-refractivity contribution in [2.75, 3.05) is 17.2 Å². The summed E-state index contributed by atoms with van der Waals surface area (Å²) in [6.07, 6.45) is 1.39. The van der Waals surface area contributed by atoms with Crippen molar-refractivity contribution < 1.29 is 18.7 Å². The monoisotopic (exact) mass is 366 g/mol. The molecule has 27 heavy (non-hydrogen) atoms. The minimum absolute atomic E-state index is 0.0346. The number of fused-ring (bicyclic) bond motifs is 1. The van der Waals surface area contributed by atoms with Crippen LogP contribution in [-0.4, -0.2) is 28.2 Å². The van der Waals surface area contributed by atoms with E-state index in [0.717, 1.165) is 0 Å². The average molecular weight is 366 g/mol. The van der Waals surface area contributed by atoms with Crippen LogP contribution in [0.3, 0.4) is 0 Å². The van der Waals surface area contributed by atoms with E-state index in [9.17, 15) is 14.0 Å². The molecular weight excluding hydrogens is 351 g/mol. The van der Waals surface area contributed by atoms with Crippen molar-refractivity contribution >= 4 is 23.2 Å². The van der Waals surface area contributed by atoms with E-state index in [1.54, 1.807) is 43.3 Å². The normalized spacial score (nSPS) is 12.7. The number of hydrogen-bond acceptors (Lipinski definition) is 4. The fraction of sp³-hybridized carbons (Fsp3) is 0.105. The van der Waals surface area contributed by atoms with Crippen LogP contribution in [0.2, 0.25) is 0 Å². The van der Waals surface area contributed by atoms with Crippen molar-refractivity contribution in [3.63, 3.8) is 0 Å². The number of nitrogens with one attached hydrogen (secondary N) is 2. The highest BCUT2D eigenvalue weighted by Crippen LogP contribution is 2.30. The summed E-state index contributed by atoms with van der Waals surface area (Å²) >= 11 is 0. The molecule has 0 unspecified atom stereocenters. The molecule has 136 valence electrons. The van der Waals surface area contributed by atoms with E-state index in [4.69, 9.17) is 4.74 Å². The molecule has 2 amide bonds. The molecule has 3 aromatic rings. The summed E-state index contributed by atoms with van der Waals surface area (Å²) in [5.41, 5.74) is 2.07. The predicted molar refractivity (Wildman–Crippen MR) is 96.8 cm³/mol. The van der Waals surface area contributed by atoms with E-state index in [2.05, 4.69) is 15.7 Å². The second kappa shape index (κ2) is 6.56. The first kappa shape index (κ1) is 16.8. The number of benzene rings is 2. The minimum Gasteiger partial charge on any atom is -0.482 e. The summed E-state index contributed by atoms with van der Waals surface area (Å²) < 4.78 is 20.7. The maximum absolute atomic E-state index is 14.0. The molecule has 0 aliphatic carbocycles. The maximum Gasteiger partial charge on any atom is 0.262 e. The van der Waals surface area contributed by atoms with Crippen molar-refractivity contribution in [3.05, 3.63) is 65.7 Å². The fourth-order valence-electron chi connectivity index (χ4n) is 2.86. The lowest BCUT2D eigenvalue weighted by molar-refractivity contribution is -0.118. The second-order valence-corrected chi connectivity index (χ2v) is 6.01. The molecule has 0 radical (unpaired) electrons. The highest BCUT2D eigenvalue weighted by molar-refractivity contribution is 6.05. The molecule has 1 aliphatic heterocycles. The molecule has 0 saturated heterocycles. The molecule has 7 nitrogen and oxygen atoms in total. The van der Waals surface area contributed by atoms with Crippen molar-refractivity contribution in [2.24, 2.45) is 0 Å². The van der Waals surface area contributed by atoms with E-state index >= 15 is 0 Å².